The molecule has 38 heavy (non-hydrogen) atoms. The monoisotopic (exact) mass is 527 g/mol. The van der Waals surface area contributed by atoms with Crippen LogP contribution in [0.4, 0.5) is 9.18 Å². The van der Waals surface area contributed by atoms with Crippen LogP contribution in [0.3, 0.4) is 0 Å². The molecule has 3 saturated heterocycles. The van der Waals surface area contributed by atoms with Gasteiger partial charge in [-0.3, -0.25) is 14.5 Å². The number of carbonyl (C=O) groups is 3. The molecule has 1 aromatic rings. The molecule has 3 amide bonds. The van der Waals surface area contributed by atoms with Gasteiger partial charge in [-0.1, -0.05) is 26.0 Å². The number of nitrogens with one attached hydrogen (secondary N) is 1. The van der Waals surface area contributed by atoms with Crippen LogP contribution in [0.25, 0.3) is 0 Å². The zero-order valence-electron chi connectivity index (χ0n) is 22.8. The first-order valence-corrected chi connectivity index (χ1v) is 13.4. The van der Waals surface area contributed by atoms with Crippen LogP contribution in [0.15, 0.2) is 24.3 Å². The first-order chi connectivity index (χ1) is 17.9. The Labute approximate surface area is 223 Å². The molecule has 0 radical (unpaired) electrons. The summed E-state index contributed by atoms with van der Waals surface area (Å²) in [5.74, 6) is -0.554. The lowest BCUT2D eigenvalue weighted by atomic mass is 9.93. The minimum Gasteiger partial charge on any atom is -0.444 e. The number of hydrogen-bond donors (Lipinski definition) is 1. The fourth-order valence-electron chi connectivity index (χ4n) is 6.02. The lowest BCUT2D eigenvalue weighted by Gasteiger charge is -2.41. The van der Waals surface area contributed by atoms with Gasteiger partial charge in [-0.25, -0.2) is 9.18 Å². The zero-order chi connectivity index (χ0) is 27.8. The van der Waals surface area contributed by atoms with E-state index in [1.165, 1.54) is 17.0 Å². The highest BCUT2D eigenvalue weighted by Gasteiger charge is 2.53. The van der Waals surface area contributed by atoms with E-state index in [4.69, 9.17) is 4.74 Å². The van der Waals surface area contributed by atoms with Gasteiger partial charge in [0.25, 0.3) is 0 Å². The van der Waals surface area contributed by atoms with Crippen molar-refractivity contribution in [2.75, 3.05) is 19.6 Å². The molecule has 0 saturated carbocycles. The van der Waals surface area contributed by atoms with Crippen molar-refractivity contribution >= 4 is 17.9 Å². The molecule has 4 rings (SSSR count). The van der Waals surface area contributed by atoms with E-state index >= 15 is 0 Å². The van der Waals surface area contributed by atoms with E-state index in [0.717, 1.165) is 12.0 Å². The highest BCUT2D eigenvalue weighted by Crippen LogP contribution is 2.41. The second kappa shape index (κ2) is 10.9. The molecule has 10 heteroatoms. The molecule has 5 atom stereocenters. The van der Waals surface area contributed by atoms with Crippen molar-refractivity contribution in [1.29, 1.82) is 5.26 Å². The van der Waals surface area contributed by atoms with Crippen molar-refractivity contribution in [2.45, 2.75) is 89.7 Å². The third-order valence-electron chi connectivity index (χ3n) is 7.55. The molecule has 206 valence electrons. The van der Waals surface area contributed by atoms with E-state index in [1.54, 1.807) is 32.9 Å². The number of nitrogens with zero attached hydrogens (tertiary/aromatic N) is 4. The molecular weight excluding hydrogens is 489 g/mol. The number of ether oxygens (including phenoxy) is 1. The molecule has 1 aromatic carbocycles. The van der Waals surface area contributed by atoms with Gasteiger partial charge in [0.2, 0.25) is 11.8 Å². The number of nitriles is 1. The fourth-order valence-corrected chi connectivity index (χ4v) is 6.02. The van der Waals surface area contributed by atoms with E-state index in [0.29, 0.717) is 25.9 Å². The van der Waals surface area contributed by atoms with Crippen LogP contribution in [-0.4, -0.2) is 82.0 Å². The first kappa shape index (κ1) is 27.8. The largest absolute Gasteiger partial charge is 0.444 e. The number of benzene rings is 1. The number of fused-ring (bicyclic) bond motifs is 2. The van der Waals surface area contributed by atoms with Gasteiger partial charge in [0.05, 0.1) is 18.2 Å². The van der Waals surface area contributed by atoms with E-state index in [-0.39, 0.29) is 42.2 Å². The summed E-state index contributed by atoms with van der Waals surface area (Å²) in [7, 11) is 0. The Kier molecular flexibility index (Phi) is 7.98. The smallest absolute Gasteiger partial charge is 0.408 e. The van der Waals surface area contributed by atoms with E-state index < -0.39 is 29.8 Å². The van der Waals surface area contributed by atoms with Crippen molar-refractivity contribution in [3.8, 4) is 6.07 Å². The van der Waals surface area contributed by atoms with Crippen LogP contribution in [0.2, 0.25) is 0 Å². The predicted molar refractivity (Wildman–Crippen MR) is 138 cm³/mol. The van der Waals surface area contributed by atoms with Gasteiger partial charge < -0.3 is 19.9 Å². The molecule has 0 aliphatic carbocycles. The summed E-state index contributed by atoms with van der Waals surface area (Å²) >= 11 is 0. The third kappa shape index (κ3) is 5.78. The Balaban J connectivity index is 1.51. The summed E-state index contributed by atoms with van der Waals surface area (Å²) < 4.78 is 19.0. The summed E-state index contributed by atoms with van der Waals surface area (Å²) in [4.78, 5) is 45.2. The SMILES string of the molecule is CC(C)C(c1ccc(F)cc1)N1C(=O)C2C[C@H]1CN2CC(NC(=O)OC(C)(C)C)C(=O)N1CCCC1C#N. The van der Waals surface area contributed by atoms with Crippen LogP contribution < -0.4 is 5.32 Å². The molecule has 1 N–H and O–H groups in total. The molecule has 0 spiro atoms. The maximum atomic E-state index is 13.6. The molecule has 3 aliphatic rings. The number of alkyl carbamates (subject to hydrolysis) is 1. The van der Waals surface area contributed by atoms with Gasteiger partial charge >= 0.3 is 6.09 Å². The molecular formula is C28H38FN5O4. The summed E-state index contributed by atoms with van der Waals surface area (Å²) in [5.41, 5.74) is 0.153. The highest BCUT2D eigenvalue weighted by atomic mass is 19.1. The summed E-state index contributed by atoms with van der Waals surface area (Å²) in [6.45, 7) is 10.5. The predicted octanol–water partition coefficient (Wildman–Crippen LogP) is 3.22. The molecule has 9 nitrogen and oxygen atoms in total. The van der Waals surface area contributed by atoms with Crippen LogP contribution in [-0.2, 0) is 14.3 Å². The van der Waals surface area contributed by atoms with Crippen LogP contribution >= 0.6 is 0 Å². The maximum Gasteiger partial charge on any atom is 0.408 e. The van der Waals surface area contributed by atoms with E-state index in [9.17, 15) is 24.0 Å². The topological polar surface area (TPSA) is 106 Å². The number of likely N-dealkylation sites (tertiary alicyclic amines) is 3. The second-order valence-corrected chi connectivity index (χ2v) is 11.9. The molecule has 3 aliphatic heterocycles. The standard InChI is InChI=1S/C28H38FN5O4/c1-17(2)24(18-8-10-19(29)11-9-18)34-21-13-23(26(34)36)32(15-21)16-22(31-27(37)38-28(3,4)5)25(35)33-12-6-7-20(33)14-30/h8-11,17,20-24H,6-7,12-13,15-16H2,1-5H3,(H,31,37)/t20?,21-,22?,23?,24?/m0/s1. The van der Waals surface area contributed by atoms with Gasteiger partial charge in [-0.15, -0.1) is 0 Å². The zero-order valence-corrected chi connectivity index (χ0v) is 22.8. The highest BCUT2D eigenvalue weighted by molar-refractivity contribution is 5.88. The van der Waals surface area contributed by atoms with Crippen LogP contribution in [0, 0.1) is 23.1 Å². The minimum absolute atomic E-state index is 0.0242. The number of rotatable bonds is 7. The Morgan fingerprint density at radius 1 is 1.24 bits per heavy atom. The average molecular weight is 528 g/mol. The Morgan fingerprint density at radius 2 is 1.92 bits per heavy atom. The normalized spacial score (nSPS) is 25.0. The lowest BCUT2D eigenvalue weighted by Crippen LogP contribution is -2.59. The van der Waals surface area contributed by atoms with Crippen molar-refractivity contribution < 1.29 is 23.5 Å². The number of halogens is 1. The number of hydrogen-bond acceptors (Lipinski definition) is 6. The van der Waals surface area contributed by atoms with Crippen molar-refractivity contribution in [2.24, 2.45) is 5.92 Å². The van der Waals surface area contributed by atoms with Gasteiger partial charge in [-0.05, 0) is 63.6 Å². The van der Waals surface area contributed by atoms with Crippen molar-refractivity contribution in [3.05, 3.63) is 35.6 Å². The van der Waals surface area contributed by atoms with Crippen LogP contribution in [0.1, 0.15) is 65.5 Å². The summed E-state index contributed by atoms with van der Waals surface area (Å²) in [5, 5.41) is 12.2. The molecule has 4 unspecified atom stereocenters. The summed E-state index contributed by atoms with van der Waals surface area (Å²) in [6.07, 6.45) is 1.24. The van der Waals surface area contributed by atoms with Crippen molar-refractivity contribution in [1.82, 2.24) is 20.0 Å². The van der Waals surface area contributed by atoms with Gasteiger partial charge in [0.1, 0.15) is 23.5 Å². The van der Waals surface area contributed by atoms with Gasteiger partial charge in [-0.2, -0.15) is 5.26 Å². The average Bonchev–Trinajstić information content (AvgIpc) is 3.54. The Bertz CT molecular complexity index is 1100. The van der Waals surface area contributed by atoms with Gasteiger partial charge in [0, 0.05) is 25.7 Å². The molecule has 0 aromatic heterocycles. The Hall–Kier alpha value is -3.19. The second-order valence-electron chi connectivity index (χ2n) is 11.9. The third-order valence-corrected chi connectivity index (χ3v) is 7.55. The quantitative estimate of drug-likeness (QED) is 0.584. The first-order valence-electron chi connectivity index (χ1n) is 13.4. The summed E-state index contributed by atoms with van der Waals surface area (Å²) in [6, 6.07) is 6.36. The fraction of sp³-hybridized carbons (Fsp3) is 0.643. The lowest BCUT2D eigenvalue weighted by molar-refractivity contribution is -0.142. The van der Waals surface area contributed by atoms with Crippen LogP contribution in [0.5, 0.6) is 0 Å². The minimum atomic E-state index is -0.947. The maximum absolute atomic E-state index is 13.6. The number of piperazine rings is 1. The van der Waals surface area contributed by atoms with E-state index in [1.807, 2.05) is 23.6 Å². The molecule has 3 fully saturated rings. The van der Waals surface area contributed by atoms with E-state index in [2.05, 4.69) is 11.4 Å². The Morgan fingerprint density at radius 3 is 2.50 bits per heavy atom. The van der Waals surface area contributed by atoms with Crippen molar-refractivity contribution in [3.63, 3.8) is 0 Å². The number of amides is 3. The molecule has 3 heterocycles. The number of carbonyl (C=O) groups excluding carboxylic acids is 3. The molecule has 2 bridgehead atoms. The van der Waals surface area contributed by atoms with Gasteiger partial charge in [0.15, 0.2) is 0 Å².